The molecule has 0 nitrogen and oxygen atoms in total. The van der Waals surface area contributed by atoms with E-state index in [0.29, 0.717) is 10.8 Å². The van der Waals surface area contributed by atoms with Gasteiger partial charge in [0.15, 0.2) is 0 Å². The van der Waals surface area contributed by atoms with Crippen LogP contribution in [0.2, 0.25) is 0 Å². The molecule has 0 N–H and O–H groups in total. The van der Waals surface area contributed by atoms with Crippen LogP contribution in [-0.4, -0.2) is 3.92 Å². The van der Waals surface area contributed by atoms with E-state index in [0.717, 1.165) is 39.4 Å². The van der Waals surface area contributed by atoms with Crippen LogP contribution < -0.4 is 0 Å². The van der Waals surface area contributed by atoms with Crippen LogP contribution in [0.3, 0.4) is 0 Å². The van der Waals surface area contributed by atoms with Crippen LogP contribution in [0.4, 0.5) is 0 Å². The van der Waals surface area contributed by atoms with Crippen LogP contribution >= 0.6 is 22.6 Å². The lowest BCUT2D eigenvalue weighted by Crippen LogP contribution is -2.48. The van der Waals surface area contributed by atoms with Crippen LogP contribution in [-0.2, 0) is 0 Å². The molecular formula is C27H45I. The quantitative estimate of drug-likeness (QED) is 0.203. The van der Waals surface area contributed by atoms with Gasteiger partial charge in [-0.3, -0.25) is 0 Å². The van der Waals surface area contributed by atoms with Crippen molar-refractivity contribution >= 4 is 22.6 Å². The van der Waals surface area contributed by atoms with Gasteiger partial charge < -0.3 is 0 Å². The average Bonchev–Trinajstić information content (AvgIpc) is 3.00. The molecule has 0 aliphatic heterocycles. The molecule has 0 heterocycles. The van der Waals surface area contributed by atoms with Gasteiger partial charge in [-0.2, -0.15) is 0 Å². The van der Waals surface area contributed by atoms with Crippen LogP contribution in [0.5, 0.6) is 0 Å². The van der Waals surface area contributed by atoms with E-state index in [1.54, 1.807) is 6.42 Å². The molecule has 8 atom stereocenters. The van der Waals surface area contributed by atoms with E-state index in [1.807, 2.05) is 5.57 Å². The summed E-state index contributed by atoms with van der Waals surface area (Å²) in [6.07, 6.45) is 18.9. The molecule has 0 radical (unpaired) electrons. The van der Waals surface area contributed by atoms with Gasteiger partial charge in [0.05, 0.1) is 0 Å². The van der Waals surface area contributed by atoms with E-state index in [1.165, 1.54) is 64.2 Å². The molecule has 0 bridgehead atoms. The van der Waals surface area contributed by atoms with Crippen LogP contribution in [0.1, 0.15) is 105 Å². The summed E-state index contributed by atoms with van der Waals surface area (Å²) in [5, 5.41) is 0. The largest absolute Gasteiger partial charge is 0.0844 e. The number of hydrogen-bond donors (Lipinski definition) is 0. The average molecular weight is 497 g/mol. The highest BCUT2D eigenvalue weighted by molar-refractivity contribution is 14.1. The Morgan fingerprint density at radius 1 is 1.07 bits per heavy atom. The predicted octanol–water partition coefficient (Wildman–Crippen LogP) is 8.83. The third kappa shape index (κ3) is 3.89. The Hall–Kier alpha value is 0.470. The summed E-state index contributed by atoms with van der Waals surface area (Å²) in [5.41, 5.74) is 3.06. The normalized spacial score (nSPS) is 46.5. The van der Waals surface area contributed by atoms with Gasteiger partial charge in [0.25, 0.3) is 0 Å². The standard InChI is InChI=1S/C27H45I/c1-18(2)7-6-8-19(3)20-15-25-23-10-9-21-16-22(28)11-14-27(21,5)24(23)12-13-26(25,4)17-20/h9,18-20,22-25H,6-8,10-17H2,1-5H3/t19-,20?,22?,23-,24+,25+,26-,27+/m1/s1. The molecular weight excluding hydrogens is 451 g/mol. The van der Waals surface area contributed by atoms with Crippen molar-refractivity contribution in [2.45, 2.75) is 109 Å². The molecule has 0 saturated heterocycles. The van der Waals surface area contributed by atoms with Crippen LogP contribution in [0, 0.1) is 46.3 Å². The van der Waals surface area contributed by atoms with Gasteiger partial charge in [-0.05, 0) is 97.7 Å². The van der Waals surface area contributed by atoms with Crippen molar-refractivity contribution < 1.29 is 0 Å². The Morgan fingerprint density at radius 2 is 1.86 bits per heavy atom. The number of alkyl halides is 1. The summed E-state index contributed by atoms with van der Waals surface area (Å²) < 4.78 is 0.893. The van der Waals surface area contributed by atoms with E-state index in [9.17, 15) is 0 Å². The van der Waals surface area contributed by atoms with Gasteiger partial charge in [0.2, 0.25) is 0 Å². The summed E-state index contributed by atoms with van der Waals surface area (Å²) in [6.45, 7) is 12.7. The first kappa shape index (κ1) is 21.7. The summed E-state index contributed by atoms with van der Waals surface area (Å²) in [5.74, 6) is 5.81. The minimum atomic E-state index is 0.548. The molecule has 0 aromatic rings. The highest BCUT2D eigenvalue weighted by atomic mass is 127. The van der Waals surface area contributed by atoms with Crippen molar-refractivity contribution in [1.29, 1.82) is 0 Å². The first-order valence-electron chi connectivity index (χ1n) is 12.6. The Labute approximate surface area is 189 Å². The Balaban J connectivity index is 1.47. The molecule has 1 heteroatoms. The summed E-state index contributed by atoms with van der Waals surface area (Å²) in [6, 6.07) is 0. The maximum absolute atomic E-state index is 2.75. The molecule has 0 amide bonds. The molecule has 4 aliphatic carbocycles. The van der Waals surface area contributed by atoms with E-state index < -0.39 is 0 Å². The van der Waals surface area contributed by atoms with Crippen LogP contribution in [0.15, 0.2) is 11.6 Å². The third-order valence-electron chi connectivity index (χ3n) is 10.1. The first-order valence-corrected chi connectivity index (χ1v) is 13.8. The maximum Gasteiger partial charge on any atom is 0.0147 e. The molecule has 160 valence electrons. The lowest BCUT2D eigenvalue weighted by molar-refractivity contribution is -0.0241. The van der Waals surface area contributed by atoms with E-state index in [4.69, 9.17) is 0 Å². The van der Waals surface area contributed by atoms with Crippen LogP contribution in [0.25, 0.3) is 0 Å². The number of hydrogen-bond acceptors (Lipinski definition) is 0. The first-order chi connectivity index (χ1) is 13.2. The number of rotatable bonds is 5. The van der Waals surface area contributed by atoms with Crippen molar-refractivity contribution in [3.05, 3.63) is 11.6 Å². The second kappa shape index (κ2) is 8.19. The molecule has 4 rings (SSSR count). The summed E-state index contributed by atoms with van der Waals surface area (Å²) in [4.78, 5) is 0. The molecule has 0 aromatic carbocycles. The fourth-order valence-corrected chi connectivity index (χ4v) is 9.04. The van der Waals surface area contributed by atoms with Gasteiger partial charge >= 0.3 is 0 Å². The zero-order valence-corrected chi connectivity index (χ0v) is 21.4. The second-order valence-electron chi connectivity index (χ2n) is 12.3. The molecule has 28 heavy (non-hydrogen) atoms. The fourth-order valence-electron chi connectivity index (χ4n) is 8.25. The highest BCUT2D eigenvalue weighted by Crippen LogP contribution is 2.66. The Kier molecular flexibility index (Phi) is 6.35. The lowest BCUT2D eigenvalue weighted by Gasteiger charge is -2.57. The van der Waals surface area contributed by atoms with Crippen molar-refractivity contribution in [3.8, 4) is 0 Å². The minimum absolute atomic E-state index is 0.548. The fraction of sp³-hybridized carbons (Fsp3) is 0.926. The zero-order valence-electron chi connectivity index (χ0n) is 19.3. The Bertz CT molecular complexity index is 591. The number of halogens is 1. The van der Waals surface area contributed by atoms with Gasteiger partial charge in [-0.15, -0.1) is 0 Å². The predicted molar refractivity (Wildman–Crippen MR) is 131 cm³/mol. The van der Waals surface area contributed by atoms with E-state index in [2.05, 4.69) is 63.3 Å². The third-order valence-corrected chi connectivity index (χ3v) is 11.2. The molecule has 2 unspecified atom stereocenters. The maximum atomic E-state index is 2.75. The summed E-state index contributed by atoms with van der Waals surface area (Å²) >= 11 is 2.71. The Morgan fingerprint density at radius 3 is 2.61 bits per heavy atom. The number of fused-ring (bicyclic) bond motifs is 5. The SMILES string of the molecule is CC(C)CCC[C@@H](C)C1C[C@H]2[C@@H]3CC=C4CC(I)CC[C@]4(C)[C@H]3CC[C@]2(C)C1. The molecule has 3 fully saturated rings. The zero-order chi connectivity index (χ0) is 20.1. The minimum Gasteiger partial charge on any atom is -0.0844 e. The monoisotopic (exact) mass is 496 g/mol. The van der Waals surface area contributed by atoms with Gasteiger partial charge in [-0.1, -0.05) is 88.1 Å². The summed E-state index contributed by atoms with van der Waals surface area (Å²) in [7, 11) is 0. The van der Waals surface area contributed by atoms with Crippen molar-refractivity contribution in [3.63, 3.8) is 0 Å². The second-order valence-corrected chi connectivity index (χ2v) is 14.1. The molecule has 0 aromatic heterocycles. The van der Waals surface area contributed by atoms with E-state index in [-0.39, 0.29) is 0 Å². The van der Waals surface area contributed by atoms with E-state index >= 15 is 0 Å². The van der Waals surface area contributed by atoms with Crippen molar-refractivity contribution in [1.82, 2.24) is 0 Å². The smallest absolute Gasteiger partial charge is 0.0147 e. The van der Waals surface area contributed by atoms with Crippen molar-refractivity contribution in [2.75, 3.05) is 0 Å². The molecule has 3 saturated carbocycles. The van der Waals surface area contributed by atoms with Crippen molar-refractivity contribution in [2.24, 2.45) is 46.3 Å². The molecule has 0 spiro atoms. The van der Waals surface area contributed by atoms with Gasteiger partial charge in [-0.25, -0.2) is 0 Å². The molecule has 4 aliphatic rings. The van der Waals surface area contributed by atoms with Gasteiger partial charge in [0, 0.05) is 3.92 Å². The number of allylic oxidation sites excluding steroid dienone is 2. The topological polar surface area (TPSA) is 0 Å². The lowest BCUT2D eigenvalue weighted by atomic mass is 9.48. The van der Waals surface area contributed by atoms with Gasteiger partial charge in [0.1, 0.15) is 0 Å². The highest BCUT2D eigenvalue weighted by Gasteiger charge is 2.57.